The number of pyridine rings is 1. The molecule has 0 radical (unpaired) electrons. The second kappa shape index (κ2) is 11.2. The topological polar surface area (TPSA) is 58.5 Å². The van der Waals surface area contributed by atoms with Gasteiger partial charge >= 0.3 is 0 Å². The van der Waals surface area contributed by atoms with E-state index in [1.165, 1.54) is 18.9 Å². The summed E-state index contributed by atoms with van der Waals surface area (Å²) < 4.78 is 19.8. The van der Waals surface area contributed by atoms with E-state index in [0.717, 1.165) is 17.7 Å². The molecule has 1 unspecified atom stereocenters. The Labute approximate surface area is 183 Å². The predicted molar refractivity (Wildman–Crippen MR) is 121 cm³/mol. The first-order chi connectivity index (χ1) is 13.2. The Balaban J connectivity index is 0.00000280. The van der Waals surface area contributed by atoms with Crippen molar-refractivity contribution in [3.05, 3.63) is 59.7 Å². The molecule has 1 aromatic heterocycles. The van der Waals surface area contributed by atoms with Crippen LogP contribution >= 0.6 is 24.0 Å². The quantitative estimate of drug-likeness (QED) is 0.327. The van der Waals surface area contributed by atoms with Crippen LogP contribution in [0.3, 0.4) is 0 Å². The van der Waals surface area contributed by atoms with Crippen molar-refractivity contribution in [1.82, 2.24) is 15.6 Å². The fourth-order valence-corrected chi connectivity index (χ4v) is 2.73. The van der Waals surface area contributed by atoms with Gasteiger partial charge in [0.15, 0.2) is 17.5 Å². The van der Waals surface area contributed by atoms with E-state index in [1.54, 1.807) is 19.3 Å². The highest BCUT2D eigenvalue weighted by Gasteiger charge is 2.22. The minimum absolute atomic E-state index is 0. The second-order valence-corrected chi connectivity index (χ2v) is 6.88. The van der Waals surface area contributed by atoms with Gasteiger partial charge in [-0.15, -0.1) is 24.0 Å². The average molecular weight is 498 g/mol. The summed E-state index contributed by atoms with van der Waals surface area (Å²) in [6.07, 6.45) is 4.97. The van der Waals surface area contributed by atoms with E-state index in [4.69, 9.17) is 4.74 Å². The molecule has 5 nitrogen and oxygen atoms in total. The van der Waals surface area contributed by atoms with Crippen LogP contribution in [0.1, 0.15) is 37.1 Å². The molecule has 152 valence electrons. The Kier molecular flexibility index (Phi) is 8.95. The molecule has 3 rings (SSSR count). The zero-order valence-corrected chi connectivity index (χ0v) is 18.7. The Morgan fingerprint density at radius 2 is 2.14 bits per heavy atom. The van der Waals surface area contributed by atoms with Crippen molar-refractivity contribution in [2.45, 2.75) is 32.2 Å². The molecule has 1 heterocycles. The third-order valence-electron chi connectivity index (χ3n) is 4.60. The lowest BCUT2D eigenvalue weighted by atomic mass is 10.1. The van der Waals surface area contributed by atoms with Gasteiger partial charge in [-0.2, -0.15) is 0 Å². The first-order valence-corrected chi connectivity index (χ1v) is 9.45. The number of rotatable bonds is 8. The van der Waals surface area contributed by atoms with Gasteiger partial charge in [-0.3, -0.25) is 9.98 Å². The summed E-state index contributed by atoms with van der Waals surface area (Å²) in [4.78, 5) is 8.54. The van der Waals surface area contributed by atoms with Gasteiger partial charge in [0.05, 0.1) is 12.6 Å². The fourth-order valence-electron chi connectivity index (χ4n) is 2.73. The molecule has 0 amide bonds. The minimum atomic E-state index is -0.320. The fraction of sp³-hybridized carbons (Fsp3) is 0.429. The SMILES string of the molecule is CN=C(NCCc1ccccn1)NC(C)c1ccc(OCC2CC2)c(F)c1.I. The van der Waals surface area contributed by atoms with Crippen LogP contribution < -0.4 is 15.4 Å². The number of benzene rings is 1. The summed E-state index contributed by atoms with van der Waals surface area (Å²) >= 11 is 0. The second-order valence-electron chi connectivity index (χ2n) is 6.88. The number of aromatic nitrogens is 1. The molecule has 1 aromatic carbocycles. The number of hydrogen-bond donors (Lipinski definition) is 2. The van der Waals surface area contributed by atoms with Gasteiger partial charge in [-0.05, 0) is 55.5 Å². The lowest BCUT2D eigenvalue weighted by molar-refractivity contribution is 0.285. The van der Waals surface area contributed by atoms with Crippen molar-refractivity contribution < 1.29 is 9.13 Å². The Morgan fingerprint density at radius 3 is 2.79 bits per heavy atom. The van der Waals surface area contributed by atoms with E-state index in [9.17, 15) is 4.39 Å². The summed E-state index contributed by atoms with van der Waals surface area (Å²) in [6.45, 7) is 3.30. The molecule has 1 aliphatic rings. The third kappa shape index (κ3) is 6.92. The van der Waals surface area contributed by atoms with Crippen molar-refractivity contribution in [3.63, 3.8) is 0 Å². The van der Waals surface area contributed by atoms with Crippen LogP contribution in [-0.4, -0.2) is 31.1 Å². The summed E-state index contributed by atoms with van der Waals surface area (Å²) in [5.41, 5.74) is 1.87. The maximum Gasteiger partial charge on any atom is 0.191 e. The maximum atomic E-state index is 14.3. The molecule has 1 atom stereocenters. The summed E-state index contributed by atoms with van der Waals surface area (Å²) in [7, 11) is 1.72. The van der Waals surface area contributed by atoms with E-state index in [1.807, 2.05) is 31.2 Å². The van der Waals surface area contributed by atoms with Crippen LogP contribution in [0.25, 0.3) is 0 Å². The van der Waals surface area contributed by atoms with E-state index in [0.29, 0.717) is 30.8 Å². The average Bonchev–Trinajstić information content (AvgIpc) is 3.51. The van der Waals surface area contributed by atoms with E-state index < -0.39 is 0 Å². The molecule has 1 saturated carbocycles. The predicted octanol–water partition coefficient (Wildman–Crippen LogP) is 4.10. The van der Waals surface area contributed by atoms with Crippen molar-refractivity contribution in [1.29, 1.82) is 0 Å². The molecular formula is C21H28FIN4O. The van der Waals surface area contributed by atoms with Gasteiger partial charge in [-0.1, -0.05) is 12.1 Å². The third-order valence-corrected chi connectivity index (χ3v) is 4.60. The van der Waals surface area contributed by atoms with Crippen LogP contribution in [0.2, 0.25) is 0 Å². The molecule has 0 saturated heterocycles. The number of halogens is 2. The van der Waals surface area contributed by atoms with Crippen LogP contribution in [0.4, 0.5) is 4.39 Å². The largest absolute Gasteiger partial charge is 0.490 e. The highest BCUT2D eigenvalue weighted by molar-refractivity contribution is 14.0. The van der Waals surface area contributed by atoms with Crippen LogP contribution in [0, 0.1) is 11.7 Å². The number of hydrogen-bond acceptors (Lipinski definition) is 3. The van der Waals surface area contributed by atoms with E-state index in [-0.39, 0.29) is 35.8 Å². The monoisotopic (exact) mass is 498 g/mol. The van der Waals surface area contributed by atoms with Crippen molar-refractivity contribution in [3.8, 4) is 5.75 Å². The van der Waals surface area contributed by atoms with Crippen molar-refractivity contribution in [2.24, 2.45) is 10.9 Å². The van der Waals surface area contributed by atoms with Gasteiger partial charge in [0.2, 0.25) is 0 Å². The number of ether oxygens (including phenoxy) is 1. The van der Waals surface area contributed by atoms with Gasteiger partial charge in [0.1, 0.15) is 0 Å². The van der Waals surface area contributed by atoms with Gasteiger partial charge < -0.3 is 15.4 Å². The standard InChI is InChI=1S/C21H27FN4O.HI/c1-15(17-8-9-20(19(22)13-17)27-14-16-6-7-16)26-21(23-2)25-12-10-18-5-3-4-11-24-18;/h3-5,8-9,11,13,15-16H,6-7,10,12,14H2,1-2H3,(H2,23,25,26);1H. The molecule has 2 N–H and O–H groups in total. The Bertz CT molecular complexity index is 768. The number of nitrogens with zero attached hydrogens (tertiary/aromatic N) is 2. The van der Waals surface area contributed by atoms with Crippen LogP contribution in [0.15, 0.2) is 47.6 Å². The number of aliphatic imine (C=N–C) groups is 1. The van der Waals surface area contributed by atoms with Crippen LogP contribution in [0.5, 0.6) is 5.75 Å². The molecule has 0 bridgehead atoms. The lowest BCUT2D eigenvalue weighted by Gasteiger charge is -2.19. The van der Waals surface area contributed by atoms with Gasteiger partial charge in [0.25, 0.3) is 0 Å². The van der Waals surface area contributed by atoms with Gasteiger partial charge in [-0.25, -0.2) is 4.39 Å². The van der Waals surface area contributed by atoms with Crippen molar-refractivity contribution in [2.75, 3.05) is 20.2 Å². The van der Waals surface area contributed by atoms with Crippen molar-refractivity contribution >= 4 is 29.9 Å². The molecule has 2 aromatic rings. The highest BCUT2D eigenvalue weighted by atomic mass is 127. The number of guanidine groups is 1. The van der Waals surface area contributed by atoms with E-state index in [2.05, 4.69) is 20.6 Å². The summed E-state index contributed by atoms with van der Waals surface area (Å²) in [5.74, 6) is 1.29. The minimum Gasteiger partial charge on any atom is -0.490 e. The van der Waals surface area contributed by atoms with Crippen LogP contribution in [-0.2, 0) is 6.42 Å². The zero-order chi connectivity index (χ0) is 19.1. The summed E-state index contributed by atoms with van der Waals surface area (Å²) in [5, 5.41) is 6.55. The molecule has 7 heteroatoms. The Morgan fingerprint density at radius 1 is 1.32 bits per heavy atom. The van der Waals surface area contributed by atoms with E-state index >= 15 is 0 Å². The Hall–Kier alpha value is -1.90. The molecule has 1 fully saturated rings. The van der Waals surface area contributed by atoms with Gasteiger partial charge in [0, 0.05) is 31.9 Å². The smallest absolute Gasteiger partial charge is 0.191 e. The lowest BCUT2D eigenvalue weighted by Crippen LogP contribution is -2.39. The first kappa shape index (κ1) is 22.4. The molecule has 0 spiro atoms. The highest BCUT2D eigenvalue weighted by Crippen LogP contribution is 2.30. The summed E-state index contributed by atoms with van der Waals surface area (Å²) in [6, 6.07) is 10.9. The molecule has 1 aliphatic carbocycles. The normalized spacial score (nSPS) is 14.8. The maximum absolute atomic E-state index is 14.3. The zero-order valence-electron chi connectivity index (χ0n) is 16.3. The molecule has 28 heavy (non-hydrogen) atoms. The molecular weight excluding hydrogens is 470 g/mol. The number of nitrogens with one attached hydrogen (secondary N) is 2. The molecule has 0 aliphatic heterocycles. The first-order valence-electron chi connectivity index (χ1n) is 9.45.